The van der Waals surface area contributed by atoms with Gasteiger partial charge >= 0.3 is 6.03 Å². The molecule has 1 aliphatic carbocycles. The Bertz CT molecular complexity index is 964. The number of para-hydroxylation sites is 1. The summed E-state index contributed by atoms with van der Waals surface area (Å²) in [6.45, 7) is 3.15. The molecule has 144 valence electrons. The van der Waals surface area contributed by atoms with E-state index in [9.17, 15) is 4.79 Å². The number of fused-ring (bicyclic) bond motifs is 1. The number of benzene rings is 1. The second-order valence-electron chi connectivity index (χ2n) is 7.11. The second kappa shape index (κ2) is 8.25. The standard InChI is InChI=1S/C22H25N5O/c1-16-8-2-4-10-18(16)25-22(28)24-14-15-27-20-12-5-3-9-17(20)21(26-27)19-11-6-7-13-23-19/h2,4,6-8,10-11,13H,3,5,9,12,14-15H2,1H3,(H2,24,25,28). The molecule has 6 nitrogen and oxygen atoms in total. The van der Waals surface area contributed by atoms with Gasteiger partial charge in [0.2, 0.25) is 0 Å². The van der Waals surface area contributed by atoms with Crippen molar-refractivity contribution in [2.75, 3.05) is 11.9 Å². The fraction of sp³-hybridized carbons (Fsp3) is 0.318. The highest BCUT2D eigenvalue weighted by Gasteiger charge is 2.22. The van der Waals surface area contributed by atoms with Gasteiger partial charge in [0.1, 0.15) is 5.69 Å². The molecule has 2 heterocycles. The Hall–Kier alpha value is -3.15. The van der Waals surface area contributed by atoms with Gasteiger partial charge in [0, 0.05) is 29.7 Å². The first-order valence-corrected chi connectivity index (χ1v) is 9.83. The van der Waals surface area contributed by atoms with Gasteiger partial charge < -0.3 is 10.6 Å². The molecule has 2 amide bonds. The van der Waals surface area contributed by atoms with Crippen molar-refractivity contribution in [3.63, 3.8) is 0 Å². The van der Waals surface area contributed by atoms with Crippen molar-refractivity contribution >= 4 is 11.7 Å². The van der Waals surface area contributed by atoms with Crippen molar-refractivity contribution in [1.29, 1.82) is 0 Å². The van der Waals surface area contributed by atoms with E-state index in [2.05, 4.69) is 15.6 Å². The molecule has 1 aliphatic rings. The van der Waals surface area contributed by atoms with Gasteiger partial charge in [-0.15, -0.1) is 0 Å². The highest BCUT2D eigenvalue weighted by atomic mass is 16.2. The minimum absolute atomic E-state index is 0.194. The Morgan fingerprint density at radius 2 is 1.93 bits per heavy atom. The van der Waals surface area contributed by atoms with E-state index in [1.807, 2.05) is 54.1 Å². The van der Waals surface area contributed by atoms with Crippen LogP contribution in [0.15, 0.2) is 48.7 Å². The van der Waals surface area contributed by atoms with Crippen molar-refractivity contribution in [3.8, 4) is 11.4 Å². The van der Waals surface area contributed by atoms with Gasteiger partial charge in [-0.2, -0.15) is 5.10 Å². The Morgan fingerprint density at radius 3 is 2.75 bits per heavy atom. The van der Waals surface area contributed by atoms with E-state index in [1.54, 1.807) is 6.20 Å². The lowest BCUT2D eigenvalue weighted by Gasteiger charge is -2.15. The van der Waals surface area contributed by atoms with Crippen LogP contribution in [-0.2, 0) is 19.4 Å². The quantitative estimate of drug-likeness (QED) is 0.709. The van der Waals surface area contributed by atoms with Crippen molar-refractivity contribution in [1.82, 2.24) is 20.1 Å². The monoisotopic (exact) mass is 375 g/mol. The van der Waals surface area contributed by atoms with Crippen molar-refractivity contribution in [3.05, 3.63) is 65.5 Å². The fourth-order valence-corrected chi connectivity index (χ4v) is 3.72. The zero-order chi connectivity index (χ0) is 19.3. The lowest BCUT2D eigenvalue weighted by molar-refractivity contribution is 0.251. The van der Waals surface area contributed by atoms with E-state index in [1.165, 1.54) is 24.1 Å². The van der Waals surface area contributed by atoms with Crippen LogP contribution in [0, 0.1) is 6.92 Å². The number of rotatable bonds is 5. The average Bonchev–Trinajstić information content (AvgIpc) is 3.09. The number of carbonyl (C=O) groups is 1. The van der Waals surface area contributed by atoms with E-state index < -0.39 is 0 Å². The van der Waals surface area contributed by atoms with E-state index in [-0.39, 0.29) is 6.03 Å². The van der Waals surface area contributed by atoms with E-state index in [0.717, 1.165) is 35.5 Å². The maximum Gasteiger partial charge on any atom is 0.319 e. The van der Waals surface area contributed by atoms with Gasteiger partial charge in [-0.3, -0.25) is 9.67 Å². The van der Waals surface area contributed by atoms with Crippen LogP contribution in [0.5, 0.6) is 0 Å². The lowest BCUT2D eigenvalue weighted by Crippen LogP contribution is -2.32. The molecule has 6 heteroatoms. The summed E-state index contributed by atoms with van der Waals surface area (Å²) in [5.41, 5.74) is 6.37. The van der Waals surface area contributed by atoms with Gasteiger partial charge in [-0.25, -0.2) is 4.79 Å². The number of carbonyl (C=O) groups excluding carboxylic acids is 1. The van der Waals surface area contributed by atoms with Crippen LogP contribution in [0.3, 0.4) is 0 Å². The molecule has 0 spiro atoms. The summed E-state index contributed by atoms with van der Waals surface area (Å²) in [6, 6.07) is 13.5. The molecule has 0 radical (unpaired) electrons. The molecule has 0 atom stereocenters. The van der Waals surface area contributed by atoms with Crippen LogP contribution in [0.4, 0.5) is 10.5 Å². The van der Waals surface area contributed by atoms with Crippen LogP contribution in [0.2, 0.25) is 0 Å². The summed E-state index contributed by atoms with van der Waals surface area (Å²) in [5, 5.41) is 10.7. The van der Waals surface area contributed by atoms with E-state index >= 15 is 0 Å². The summed E-state index contributed by atoms with van der Waals surface area (Å²) in [4.78, 5) is 16.7. The Kier molecular flexibility index (Phi) is 5.37. The predicted molar refractivity (Wildman–Crippen MR) is 110 cm³/mol. The lowest BCUT2D eigenvalue weighted by atomic mass is 9.95. The fourth-order valence-electron chi connectivity index (χ4n) is 3.72. The molecule has 2 N–H and O–H groups in total. The molecule has 28 heavy (non-hydrogen) atoms. The number of aryl methyl sites for hydroxylation is 1. The number of pyridine rings is 1. The molecular formula is C22H25N5O. The topological polar surface area (TPSA) is 71.8 Å². The van der Waals surface area contributed by atoms with Crippen LogP contribution >= 0.6 is 0 Å². The smallest absolute Gasteiger partial charge is 0.319 e. The highest BCUT2D eigenvalue weighted by molar-refractivity contribution is 5.89. The van der Waals surface area contributed by atoms with E-state index in [4.69, 9.17) is 5.10 Å². The SMILES string of the molecule is Cc1ccccc1NC(=O)NCCn1nc(-c2ccccn2)c2c1CCCC2. The number of nitrogens with one attached hydrogen (secondary N) is 2. The van der Waals surface area contributed by atoms with E-state index in [0.29, 0.717) is 13.1 Å². The summed E-state index contributed by atoms with van der Waals surface area (Å²) in [7, 11) is 0. The van der Waals surface area contributed by atoms with Crippen molar-refractivity contribution < 1.29 is 4.79 Å². The Labute approximate surface area is 165 Å². The zero-order valence-electron chi connectivity index (χ0n) is 16.1. The first-order valence-electron chi connectivity index (χ1n) is 9.83. The number of anilines is 1. The van der Waals surface area contributed by atoms with Crippen LogP contribution in [-0.4, -0.2) is 27.3 Å². The largest absolute Gasteiger partial charge is 0.336 e. The van der Waals surface area contributed by atoms with Gasteiger partial charge in [0.25, 0.3) is 0 Å². The minimum Gasteiger partial charge on any atom is -0.336 e. The molecule has 0 unspecified atom stereocenters. The zero-order valence-corrected chi connectivity index (χ0v) is 16.1. The van der Waals surface area contributed by atoms with Gasteiger partial charge in [-0.1, -0.05) is 24.3 Å². The Morgan fingerprint density at radius 1 is 1.11 bits per heavy atom. The molecule has 0 bridgehead atoms. The summed E-state index contributed by atoms with van der Waals surface area (Å²) in [6.07, 6.45) is 6.26. The van der Waals surface area contributed by atoms with Crippen molar-refractivity contribution in [2.45, 2.75) is 39.2 Å². The molecule has 0 saturated carbocycles. The van der Waals surface area contributed by atoms with Crippen LogP contribution < -0.4 is 10.6 Å². The maximum absolute atomic E-state index is 12.2. The number of urea groups is 1. The molecule has 1 aromatic carbocycles. The third kappa shape index (κ3) is 3.91. The first-order chi connectivity index (χ1) is 13.7. The van der Waals surface area contributed by atoms with Crippen LogP contribution in [0.25, 0.3) is 11.4 Å². The van der Waals surface area contributed by atoms with Gasteiger partial charge in [0.15, 0.2) is 0 Å². The maximum atomic E-state index is 12.2. The molecule has 4 rings (SSSR count). The second-order valence-corrected chi connectivity index (χ2v) is 7.11. The van der Waals surface area contributed by atoms with Gasteiger partial charge in [0.05, 0.1) is 12.2 Å². The summed E-state index contributed by atoms with van der Waals surface area (Å²) < 4.78 is 2.05. The predicted octanol–water partition coefficient (Wildman–Crippen LogP) is 3.95. The minimum atomic E-state index is -0.194. The van der Waals surface area contributed by atoms with Gasteiger partial charge in [-0.05, 0) is 56.4 Å². The Balaban J connectivity index is 1.43. The number of amides is 2. The molecule has 0 saturated heterocycles. The number of hydrogen-bond donors (Lipinski definition) is 2. The molecule has 0 fully saturated rings. The third-order valence-corrected chi connectivity index (χ3v) is 5.17. The third-order valence-electron chi connectivity index (χ3n) is 5.17. The number of hydrogen-bond acceptors (Lipinski definition) is 3. The van der Waals surface area contributed by atoms with Crippen molar-refractivity contribution in [2.24, 2.45) is 0 Å². The summed E-state index contributed by atoms with van der Waals surface area (Å²) >= 11 is 0. The summed E-state index contributed by atoms with van der Waals surface area (Å²) in [5.74, 6) is 0. The molecule has 0 aliphatic heterocycles. The average molecular weight is 375 g/mol. The van der Waals surface area contributed by atoms with Crippen LogP contribution in [0.1, 0.15) is 29.7 Å². The molecule has 3 aromatic rings. The highest BCUT2D eigenvalue weighted by Crippen LogP contribution is 2.30. The molecular weight excluding hydrogens is 350 g/mol. The first kappa shape index (κ1) is 18.2. The normalized spacial score (nSPS) is 13.0. The number of nitrogens with zero attached hydrogens (tertiary/aromatic N) is 3. The molecule has 2 aromatic heterocycles. The number of aromatic nitrogens is 3.